The first-order chi connectivity index (χ1) is 10.9. The van der Waals surface area contributed by atoms with E-state index < -0.39 is 22.0 Å². The summed E-state index contributed by atoms with van der Waals surface area (Å²) >= 11 is 5.96. The summed E-state index contributed by atoms with van der Waals surface area (Å²) in [5.74, 6) is -0.513. The van der Waals surface area contributed by atoms with Crippen LogP contribution in [-0.4, -0.2) is 21.5 Å². The molecule has 1 atom stereocenters. The van der Waals surface area contributed by atoms with Gasteiger partial charge >= 0.3 is 5.97 Å². The van der Waals surface area contributed by atoms with Crippen molar-refractivity contribution < 1.29 is 17.9 Å². The Labute approximate surface area is 140 Å². The Balaban J connectivity index is 2.34. The maximum atomic E-state index is 12.6. The highest BCUT2D eigenvalue weighted by atomic mass is 35.5. The van der Waals surface area contributed by atoms with Gasteiger partial charge in [-0.1, -0.05) is 54.1 Å². The molecule has 0 spiro atoms. The van der Waals surface area contributed by atoms with Crippen LogP contribution < -0.4 is 4.72 Å². The number of carbonyl (C=O) groups is 1. The highest BCUT2D eigenvalue weighted by Crippen LogP contribution is 2.24. The number of rotatable bonds is 6. The van der Waals surface area contributed by atoms with Crippen molar-refractivity contribution in [2.24, 2.45) is 0 Å². The molecule has 1 N–H and O–H groups in total. The van der Waals surface area contributed by atoms with Crippen molar-refractivity contribution in [1.29, 1.82) is 0 Å². The molecule has 2 aromatic carbocycles. The zero-order valence-electron chi connectivity index (χ0n) is 12.4. The van der Waals surface area contributed by atoms with Crippen LogP contribution in [-0.2, 0) is 19.6 Å². The van der Waals surface area contributed by atoms with Gasteiger partial charge in [0.2, 0.25) is 10.0 Å². The smallest absolute Gasteiger partial charge is 0.307 e. The Morgan fingerprint density at radius 1 is 1.13 bits per heavy atom. The standard InChI is InChI=1S/C16H16ClNO4S/c1-22-16(19)11-14(12-7-3-2-4-8-12)18-23(20,21)15-10-6-5-9-13(15)17/h2-10,14,18H,11H2,1H3/t14-/m0/s1. The molecule has 23 heavy (non-hydrogen) atoms. The zero-order valence-corrected chi connectivity index (χ0v) is 14.0. The molecule has 0 unspecified atom stereocenters. The predicted octanol–water partition coefficient (Wildman–Crippen LogP) is 2.92. The maximum absolute atomic E-state index is 12.6. The van der Waals surface area contributed by atoms with E-state index in [2.05, 4.69) is 9.46 Å². The molecule has 0 aromatic heterocycles. The van der Waals surface area contributed by atoms with Gasteiger partial charge in [0.25, 0.3) is 0 Å². The van der Waals surface area contributed by atoms with Crippen molar-refractivity contribution in [3.63, 3.8) is 0 Å². The molecule has 0 bridgehead atoms. The number of esters is 1. The average molecular weight is 354 g/mol. The second-order valence-corrected chi connectivity index (χ2v) is 6.88. The van der Waals surface area contributed by atoms with E-state index in [0.29, 0.717) is 5.56 Å². The highest BCUT2D eigenvalue weighted by Gasteiger charge is 2.25. The number of nitrogens with one attached hydrogen (secondary N) is 1. The van der Waals surface area contributed by atoms with Gasteiger partial charge in [0, 0.05) is 0 Å². The lowest BCUT2D eigenvalue weighted by Crippen LogP contribution is -2.30. The number of methoxy groups -OCH3 is 1. The minimum atomic E-state index is -3.88. The van der Waals surface area contributed by atoms with Crippen LogP contribution in [0.4, 0.5) is 0 Å². The van der Waals surface area contributed by atoms with Crippen molar-refractivity contribution >= 4 is 27.6 Å². The first-order valence-electron chi connectivity index (χ1n) is 6.82. The van der Waals surface area contributed by atoms with E-state index in [4.69, 9.17) is 11.6 Å². The van der Waals surface area contributed by atoms with Crippen molar-refractivity contribution in [3.8, 4) is 0 Å². The fourth-order valence-electron chi connectivity index (χ4n) is 2.08. The molecular weight excluding hydrogens is 338 g/mol. The highest BCUT2D eigenvalue weighted by molar-refractivity contribution is 7.89. The molecule has 2 aromatic rings. The SMILES string of the molecule is COC(=O)C[C@H](NS(=O)(=O)c1ccccc1Cl)c1ccccc1. The summed E-state index contributed by atoms with van der Waals surface area (Å²) in [6, 6.07) is 14.2. The molecule has 0 aliphatic carbocycles. The Bertz CT molecular complexity index is 778. The fourth-order valence-corrected chi connectivity index (χ4v) is 3.82. The van der Waals surface area contributed by atoms with Crippen LogP contribution in [0.15, 0.2) is 59.5 Å². The molecule has 0 amide bonds. The summed E-state index contributed by atoms with van der Waals surface area (Å²) in [4.78, 5) is 11.6. The minimum absolute atomic E-state index is 0.0348. The van der Waals surface area contributed by atoms with Gasteiger partial charge in [-0.2, -0.15) is 0 Å². The second kappa shape index (κ2) is 7.59. The largest absolute Gasteiger partial charge is 0.469 e. The van der Waals surface area contributed by atoms with E-state index in [1.54, 1.807) is 42.5 Å². The summed E-state index contributed by atoms with van der Waals surface area (Å²) in [5, 5.41) is 0.116. The third-order valence-corrected chi connectivity index (χ3v) is 5.20. The van der Waals surface area contributed by atoms with Gasteiger partial charge in [-0.15, -0.1) is 0 Å². The van der Waals surface area contributed by atoms with E-state index in [9.17, 15) is 13.2 Å². The van der Waals surface area contributed by atoms with Gasteiger partial charge in [0.05, 0.1) is 24.6 Å². The molecule has 2 rings (SSSR count). The van der Waals surface area contributed by atoms with E-state index in [0.717, 1.165) is 0 Å². The number of carbonyl (C=O) groups excluding carboxylic acids is 1. The first-order valence-corrected chi connectivity index (χ1v) is 8.69. The lowest BCUT2D eigenvalue weighted by molar-refractivity contribution is -0.141. The Morgan fingerprint density at radius 2 is 1.74 bits per heavy atom. The van der Waals surface area contributed by atoms with Crippen molar-refractivity contribution in [2.75, 3.05) is 7.11 Å². The molecule has 0 saturated carbocycles. The molecule has 0 saturated heterocycles. The van der Waals surface area contributed by atoms with E-state index >= 15 is 0 Å². The van der Waals surface area contributed by atoms with Crippen molar-refractivity contribution in [2.45, 2.75) is 17.4 Å². The van der Waals surface area contributed by atoms with Gasteiger partial charge in [-0.05, 0) is 17.7 Å². The van der Waals surface area contributed by atoms with Crippen LogP contribution in [0, 0.1) is 0 Å². The van der Waals surface area contributed by atoms with Crippen LogP contribution in [0.2, 0.25) is 5.02 Å². The van der Waals surface area contributed by atoms with E-state index in [-0.39, 0.29) is 16.3 Å². The molecule has 7 heteroatoms. The Kier molecular flexibility index (Phi) is 5.76. The summed E-state index contributed by atoms with van der Waals surface area (Å²) < 4.78 is 32.3. The lowest BCUT2D eigenvalue weighted by Gasteiger charge is -2.18. The van der Waals surface area contributed by atoms with Gasteiger partial charge in [0.1, 0.15) is 4.90 Å². The molecule has 122 valence electrons. The third-order valence-electron chi connectivity index (χ3n) is 3.22. The van der Waals surface area contributed by atoms with Crippen LogP contribution in [0.1, 0.15) is 18.0 Å². The summed E-state index contributed by atoms with van der Waals surface area (Å²) in [6.45, 7) is 0. The van der Waals surface area contributed by atoms with Crippen molar-refractivity contribution in [1.82, 2.24) is 4.72 Å². The monoisotopic (exact) mass is 353 g/mol. The normalized spacial score (nSPS) is 12.6. The maximum Gasteiger partial charge on any atom is 0.307 e. The number of halogens is 1. The molecule has 0 fully saturated rings. The molecular formula is C16H16ClNO4S. The fraction of sp³-hybridized carbons (Fsp3) is 0.188. The molecule has 0 aliphatic heterocycles. The van der Waals surface area contributed by atoms with Crippen LogP contribution in [0.3, 0.4) is 0 Å². The molecule has 0 aliphatic rings. The number of hydrogen-bond donors (Lipinski definition) is 1. The zero-order chi connectivity index (χ0) is 16.9. The molecule has 0 radical (unpaired) electrons. The van der Waals surface area contributed by atoms with Crippen LogP contribution in [0.25, 0.3) is 0 Å². The molecule has 0 heterocycles. The van der Waals surface area contributed by atoms with E-state index in [1.165, 1.54) is 19.2 Å². The Hall–Kier alpha value is -1.89. The van der Waals surface area contributed by atoms with Gasteiger partial charge in [-0.25, -0.2) is 13.1 Å². The topological polar surface area (TPSA) is 72.5 Å². The number of sulfonamides is 1. The van der Waals surface area contributed by atoms with Crippen LogP contribution >= 0.6 is 11.6 Å². The van der Waals surface area contributed by atoms with E-state index in [1.807, 2.05) is 0 Å². The number of benzene rings is 2. The second-order valence-electron chi connectivity index (χ2n) is 4.80. The number of hydrogen-bond acceptors (Lipinski definition) is 4. The van der Waals surface area contributed by atoms with Gasteiger partial charge in [-0.3, -0.25) is 4.79 Å². The lowest BCUT2D eigenvalue weighted by atomic mass is 10.1. The predicted molar refractivity (Wildman–Crippen MR) is 87.6 cm³/mol. The quantitative estimate of drug-likeness (QED) is 0.810. The average Bonchev–Trinajstić information content (AvgIpc) is 2.55. The van der Waals surface area contributed by atoms with Crippen molar-refractivity contribution in [3.05, 3.63) is 65.2 Å². The third kappa shape index (κ3) is 4.54. The van der Waals surface area contributed by atoms with Gasteiger partial charge < -0.3 is 4.74 Å². The Morgan fingerprint density at radius 3 is 2.35 bits per heavy atom. The summed E-state index contributed by atoms with van der Waals surface area (Å²) in [5.41, 5.74) is 0.661. The summed E-state index contributed by atoms with van der Waals surface area (Å²) in [7, 11) is -2.62. The number of ether oxygens (including phenoxy) is 1. The van der Waals surface area contributed by atoms with Gasteiger partial charge in [0.15, 0.2) is 0 Å². The molecule has 5 nitrogen and oxygen atoms in total. The minimum Gasteiger partial charge on any atom is -0.469 e. The van der Waals surface area contributed by atoms with Crippen LogP contribution in [0.5, 0.6) is 0 Å². The summed E-state index contributed by atoms with van der Waals surface area (Å²) in [6.07, 6.45) is -0.121. The first kappa shape index (κ1) is 17.5.